The summed E-state index contributed by atoms with van der Waals surface area (Å²) in [5, 5.41) is 11.5. The minimum absolute atomic E-state index is 0.0474. The van der Waals surface area contributed by atoms with Crippen molar-refractivity contribution in [2.45, 2.75) is 12.6 Å². The first-order valence-electron chi connectivity index (χ1n) is 12.0. The zero-order valence-corrected chi connectivity index (χ0v) is 21.2. The van der Waals surface area contributed by atoms with Crippen LogP contribution in [0, 0.1) is 0 Å². The number of aliphatic hydroxyl groups is 1. The maximum Gasteiger partial charge on any atom is 0.295 e. The number of nitrogens with zero attached hydrogens (tertiary/aromatic N) is 1. The average molecular weight is 518 g/mol. The number of likely N-dealkylation sites (tertiary alicyclic amines) is 1. The molecule has 2 aliphatic heterocycles. The summed E-state index contributed by atoms with van der Waals surface area (Å²) in [6.45, 7) is 0.864. The van der Waals surface area contributed by atoms with Crippen LogP contribution in [0.4, 0.5) is 0 Å². The summed E-state index contributed by atoms with van der Waals surface area (Å²) in [6, 6.07) is 16.4. The predicted octanol–water partition coefficient (Wildman–Crippen LogP) is 4.11. The summed E-state index contributed by atoms with van der Waals surface area (Å²) < 4.78 is 27.6. The standard InChI is InChI=1S/C29H27NO8/c1-34-20-7-5-4-6-19(20)16-30-26(17-8-10-21(35-2)23(14-17)36-3)25(28(32)29(30)33)27(31)18-9-11-22-24(15-18)38-13-12-37-22/h4-11,14-15,26,31H,12-13,16H2,1-3H3/b27-25+. The molecule has 0 aliphatic carbocycles. The van der Waals surface area contributed by atoms with Crippen molar-refractivity contribution in [1.29, 1.82) is 0 Å². The lowest BCUT2D eigenvalue weighted by Gasteiger charge is -2.26. The van der Waals surface area contributed by atoms with Crippen molar-refractivity contribution < 1.29 is 38.4 Å². The SMILES string of the molecule is COc1ccccc1CN1C(=O)C(=O)/C(=C(/O)c2ccc3c(c2)OCCO3)C1c1ccc(OC)c(OC)c1. The van der Waals surface area contributed by atoms with Gasteiger partial charge in [0.2, 0.25) is 0 Å². The lowest BCUT2D eigenvalue weighted by atomic mass is 9.94. The Labute approximate surface area is 219 Å². The van der Waals surface area contributed by atoms with Gasteiger partial charge < -0.3 is 33.7 Å². The Morgan fingerprint density at radius 1 is 0.868 bits per heavy atom. The van der Waals surface area contributed by atoms with Crippen molar-refractivity contribution in [1.82, 2.24) is 4.90 Å². The fraction of sp³-hybridized carbons (Fsp3) is 0.241. The third-order valence-electron chi connectivity index (χ3n) is 6.61. The van der Waals surface area contributed by atoms with Gasteiger partial charge in [-0.3, -0.25) is 9.59 Å². The van der Waals surface area contributed by atoms with Crippen LogP contribution in [0.1, 0.15) is 22.7 Å². The molecule has 1 fully saturated rings. The monoisotopic (exact) mass is 517 g/mol. The van der Waals surface area contributed by atoms with E-state index in [1.54, 1.807) is 49.6 Å². The molecule has 0 saturated carbocycles. The number of para-hydroxylation sites is 1. The third-order valence-corrected chi connectivity index (χ3v) is 6.61. The first kappa shape index (κ1) is 25.0. The fourth-order valence-corrected chi connectivity index (χ4v) is 4.78. The highest BCUT2D eigenvalue weighted by Gasteiger charge is 2.46. The molecule has 0 spiro atoms. The number of Topliss-reactive ketones (excluding diaryl/α,β-unsaturated/α-hetero) is 1. The van der Waals surface area contributed by atoms with Gasteiger partial charge in [0.05, 0.1) is 39.5 Å². The molecule has 1 N–H and O–H groups in total. The van der Waals surface area contributed by atoms with Gasteiger partial charge in [0, 0.05) is 11.1 Å². The van der Waals surface area contributed by atoms with Crippen LogP contribution in [-0.2, 0) is 16.1 Å². The summed E-state index contributed by atoms with van der Waals surface area (Å²) in [7, 11) is 4.57. The first-order valence-corrected chi connectivity index (χ1v) is 12.0. The predicted molar refractivity (Wildman–Crippen MR) is 138 cm³/mol. The minimum Gasteiger partial charge on any atom is -0.507 e. The van der Waals surface area contributed by atoms with Crippen molar-refractivity contribution in [2.24, 2.45) is 0 Å². The number of carbonyl (C=O) groups is 2. The van der Waals surface area contributed by atoms with Crippen LogP contribution in [0.3, 0.4) is 0 Å². The second kappa shape index (κ2) is 10.4. The van der Waals surface area contributed by atoms with Crippen molar-refractivity contribution in [3.63, 3.8) is 0 Å². The number of rotatable bonds is 7. The summed E-state index contributed by atoms with van der Waals surface area (Å²) in [5.74, 6) is 0.626. The zero-order valence-electron chi connectivity index (χ0n) is 21.2. The molecule has 38 heavy (non-hydrogen) atoms. The van der Waals surface area contributed by atoms with Gasteiger partial charge in [-0.2, -0.15) is 0 Å². The number of aliphatic hydroxyl groups excluding tert-OH is 1. The quantitative estimate of drug-likeness (QED) is 0.284. The highest BCUT2D eigenvalue weighted by Crippen LogP contribution is 2.44. The third kappa shape index (κ3) is 4.36. The van der Waals surface area contributed by atoms with Crippen molar-refractivity contribution in [2.75, 3.05) is 34.5 Å². The van der Waals surface area contributed by atoms with E-state index < -0.39 is 17.7 Å². The summed E-state index contributed by atoms with van der Waals surface area (Å²) in [5.41, 5.74) is 1.56. The van der Waals surface area contributed by atoms with E-state index in [0.717, 1.165) is 0 Å². The fourth-order valence-electron chi connectivity index (χ4n) is 4.78. The Balaban J connectivity index is 1.67. The number of carbonyl (C=O) groups excluding carboxylic acids is 2. The van der Waals surface area contributed by atoms with Crippen LogP contribution >= 0.6 is 0 Å². The molecule has 1 unspecified atom stereocenters. The van der Waals surface area contributed by atoms with Gasteiger partial charge in [0.15, 0.2) is 23.0 Å². The largest absolute Gasteiger partial charge is 0.507 e. The lowest BCUT2D eigenvalue weighted by molar-refractivity contribution is -0.140. The molecule has 0 aromatic heterocycles. The highest BCUT2D eigenvalue weighted by molar-refractivity contribution is 6.46. The van der Waals surface area contributed by atoms with Crippen LogP contribution in [0.15, 0.2) is 66.2 Å². The number of hydrogen-bond donors (Lipinski definition) is 1. The molecular weight excluding hydrogens is 490 g/mol. The maximum atomic E-state index is 13.5. The number of amides is 1. The molecular formula is C29H27NO8. The number of hydrogen-bond acceptors (Lipinski definition) is 8. The van der Waals surface area contributed by atoms with Crippen LogP contribution < -0.4 is 23.7 Å². The van der Waals surface area contributed by atoms with E-state index >= 15 is 0 Å². The van der Waals surface area contributed by atoms with E-state index in [4.69, 9.17) is 23.7 Å². The number of ketones is 1. The Morgan fingerprint density at radius 2 is 1.58 bits per heavy atom. The topological polar surface area (TPSA) is 104 Å². The molecule has 2 heterocycles. The molecule has 0 bridgehead atoms. The van der Waals surface area contributed by atoms with E-state index in [1.165, 1.54) is 19.1 Å². The number of benzene rings is 3. The van der Waals surface area contributed by atoms with Crippen molar-refractivity contribution in [3.05, 3.63) is 82.9 Å². The molecule has 2 aliphatic rings. The molecule has 1 atom stereocenters. The molecule has 5 rings (SSSR count). The Bertz CT molecular complexity index is 1430. The molecule has 3 aromatic carbocycles. The lowest BCUT2D eigenvalue weighted by Crippen LogP contribution is -2.29. The zero-order chi connectivity index (χ0) is 26.8. The van der Waals surface area contributed by atoms with E-state index in [-0.39, 0.29) is 17.9 Å². The van der Waals surface area contributed by atoms with Gasteiger partial charge in [-0.15, -0.1) is 0 Å². The van der Waals surface area contributed by atoms with Crippen LogP contribution in [0.2, 0.25) is 0 Å². The number of fused-ring (bicyclic) bond motifs is 1. The van der Waals surface area contributed by atoms with E-state index in [0.29, 0.717) is 58.7 Å². The van der Waals surface area contributed by atoms with Gasteiger partial charge in [-0.1, -0.05) is 24.3 Å². The number of ether oxygens (including phenoxy) is 5. The van der Waals surface area contributed by atoms with Crippen molar-refractivity contribution >= 4 is 17.4 Å². The van der Waals surface area contributed by atoms with E-state index in [2.05, 4.69) is 0 Å². The minimum atomic E-state index is -0.909. The molecule has 1 saturated heterocycles. The molecule has 196 valence electrons. The first-order chi connectivity index (χ1) is 18.5. The normalized spacial score (nSPS) is 17.9. The highest BCUT2D eigenvalue weighted by atomic mass is 16.6. The van der Waals surface area contributed by atoms with Crippen LogP contribution in [-0.4, -0.2) is 56.2 Å². The summed E-state index contributed by atoms with van der Waals surface area (Å²) in [4.78, 5) is 28.3. The Kier molecular flexibility index (Phi) is 6.83. The van der Waals surface area contributed by atoms with Gasteiger partial charge in [-0.25, -0.2) is 0 Å². The van der Waals surface area contributed by atoms with E-state index in [1.807, 2.05) is 18.2 Å². The maximum absolute atomic E-state index is 13.5. The molecule has 1 amide bonds. The molecule has 0 radical (unpaired) electrons. The molecule has 3 aromatic rings. The van der Waals surface area contributed by atoms with Gasteiger partial charge in [0.25, 0.3) is 11.7 Å². The smallest absolute Gasteiger partial charge is 0.295 e. The van der Waals surface area contributed by atoms with Gasteiger partial charge in [-0.05, 0) is 42.0 Å². The Morgan fingerprint density at radius 3 is 2.32 bits per heavy atom. The van der Waals surface area contributed by atoms with E-state index in [9.17, 15) is 14.7 Å². The molecule has 9 nitrogen and oxygen atoms in total. The summed E-state index contributed by atoms with van der Waals surface area (Å²) >= 11 is 0. The average Bonchev–Trinajstić information content (AvgIpc) is 3.21. The molecule has 9 heteroatoms. The van der Waals surface area contributed by atoms with Crippen LogP contribution in [0.25, 0.3) is 5.76 Å². The van der Waals surface area contributed by atoms with Gasteiger partial charge >= 0.3 is 0 Å². The van der Waals surface area contributed by atoms with Crippen molar-refractivity contribution in [3.8, 4) is 28.7 Å². The van der Waals surface area contributed by atoms with Crippen LogP contribution in [0.5, 0.6) is 28.7 Å². The Hall–Kier alpha value is -4.66. The second-order valence-electron chi connectivity index (χ2n) is 8.71. The second-order valence-corrected chi connectivity index (χ2v) is 8.71. The number of methoxy groups -OCH3 is 3. The van der Waals surface area contributed by atoms with Gasteiger partial charge in [0.1, 0.15) is 24.7 Å². The summed E-state index contributed by atoms with van der Waals surface area (Å²) in [6.07, 6.45) is 0.